The van der Waals surface area contributed by atoms with Gasteiger partial charge in [-0.2, -0.15) is 5.26 Å². The summed E-state index contributed by atoms with van der Waals surface area (Å²) in [5.41, 5.74) is 7.97. The Hall–Kier alpha value is -6.94. The van der Waals surface area contributed by atoms with Gasteiger partial charge in [-0.25, -0.2) is 15.0 Å². The second-order valence-corrected chi connectivity index (χ2v) is 13.8. The Labute approximate surface area is 303 Å². The molecule has 52 heavy (non-hydrogen) atoms. The third kappa shape index (κ3) is 4.79. The summed E-state index contributed by atoms with van der Waals surface area (Å²) in [6, 6.07) is 58.4. The van der Waals surface area contributed by atoms with E-state index in [-0.39, 0.29) is 0 Å². The van der Waals surface area contributed by atoms with E-state index in [4.69, 9.17) is 15.0 Å². The zero-order valence-electron chi connectivity index (χ0n) is 27.7. The number of para-hydroxylation sites is 1. The lowest BCUT2D eigenvalue weighted by atomic mass is 9.96. The van der Waals surface area contributed by atoms with Gasteiger partial charge in [0.15, 0.2) is 17.5 Å². The quantitative estimate of drug-likeness (QED) is 0.181. The predicted molar refractivity (Wildman–Crippen MR) is 214 cm³/mol. The molecule has 0 fully saturated rings. The van der Waals surface area contributed by atoms with Crippen LogP contribution in [0.25, 0.3) is 93.0 Å². The molecular formula is C46H27N5S. The molecule has 0 saturated heterocycles. The van der Waals surface area contributed by atoms with Crippen molar-refractivity contribution in [3.63, 3.8) is 0 Å². The molecule has 0 atom stereocenters. The molecule has 0 spiro atoms. The molecule has 0 aliphatic rings. The highest BCUT2D eigenvalue weighted by atomic mass is 32.1. The summed E-state index contributed by atoms with van der Waals surface area (Å²) in [5, 5.41) is 15.4. The number of rotatable bonds is 5. The molecule has 0 unspecified atom stereocenters. The van der Waals surface area contributed by atoms with E-state index in [1.807, 2.05) is 102 Å². The molecule has 0 N–H and O–H groups in total. The summed E-state index contributed by atoms with van der Waals surface area (Å²) < 4.78 is 4.86. The first-order valence-corrected chi connectivity index (χ1v) is 17.9. The summed E-state index contributed by atoms with van der Waals surface area (Å²) in [6.07, 6.45) is 0. The van der Waals surface area contributed by atoms with Gasteiger partial charge in [0.1, 0.15) is 0 Å². The number of fused-ring (bicyclic) bond motifs is 7. The van der Waals surface area contributed by atoms with Crippen molar-refractivity contribution in [2.45, 2.75) is 0 Å². The lowest BCUT2D eigenvalue weighted by Crippen LogP contribution is -2.06. The van der Waals surface area contributed by atoms with E-state index in [2.05, 4.69) is 83.4 Å². The molecule has 3 aromatic heterocycles. The van der Waals surface area contributed by atoms with Gasteiger partial charge >= 0.3 is 0 Å². The van der Waals surface area contributed by atoms with Gasteiger partial charge in [-0.1, -0.05) is 133 Å². The van der Waals surface area contributed by atoms with Gasteiger partial charge in [0.05, 0.1) is 28.4 Å². The number of nitrogens with zero attached hydrogens (tertiary/aromatic N) is 5. The number of hydrogen-bond acceptors (Lipinski definition) is 5. The molecule has 3 heterocycles. The van der Waals surface area contributed by atoms with Gasteiger partial charge in [-0.05, 0) is 35.9 Å². The molecule has 0 bridgehead atoms. The number of benzene rings is 7. The Morgan fingerprint density at radius 1 is 0.481 bits per heavy atom. The third-order valence-corrected chi connectivity index (χ3v) is 10.9. The van der Waals surface area contributed by atoms with E-state index in [1.165, 1.54) is 25.6 Å². The molecule has 0 amide bonds. The van der Waals surface area contributed by atoms with Gasteiger partial charge in [-0.15, -0.1) is 11.3 Å². The molecule has 10 aromatic rings. The number of hydrogen-bond donors (Lipinski definition) is 0. The maximum atomic E-state index is 10.5. The molecule has 10 rings (SSSR count). The van der Waals surface area contributed by atoms with Crippen molar-refractivity contribution in [3.05, 3.63) is 169 Å². The Morgan fingerprint density at radius 2 is 1.04 bits per heavy atom. The first kappa shape index (κ1) is 29.9. The lowest BCUT2D eigenvalue weighted by Gasteiger charge is -2.19. The van der Waals surface area contributed by atoms with Gasteiger partial charge in [-0.3, -0.25) is 0 Å². The zero-order chi connectivity index (χ0) is 34.6. The molecule has 0 saturated carbocycles. The highest BCUT2D eigenvalue weighted by Crippen LogP contribution is 2.46. The van der Waals surface area contributed by atoms with Crippen molar-refractivity contribution >= 4 is 53.3 Å². The van der Waals surface area contributed by atoms with Crippen LogP contribution in [0.4, 0.5) is 0 Å². The van der Waals surface area contributed by atoms with E-state index in [0.29, 0.717) is 23.0 Å². The summed E-state index contributed by atoms with van der Waals surface area (Å²) in [5.74, 6) is 1.62. The second kappa shape index (κ2) is 12.1. The number of nitriles is 1. The number of thiophene rings is 1. The fourth-order valence-electron chi connectivity index (χ4n) is 7.35. The number of aromatic nitrogens is 4. The Kier molecular flexibility index (Phi) is 6.98. The minimum atomic E-state index is 0.492. The summed E-state index contributed by atoms with van der Waals surface area (Å²) in [7, 11) is 0. The van der Waals surface area contributed by atoms with Gasteiger partial charge in [0.2, 0.25) is 0 Å². The van der Waals surface area contributed by atoms with Gasteiger partial charge in [0.25, 0.3) is 0 Å². The smallest absolute Gasteiger partial charge is 0.166 e. The maximum Gasteiger partial charge on any atom is 0.166 e. The Balaban J connectivity index is 1.37. The molecule has 0 aliphatic heterocycles. The van der Waals surface area contributed by atoms with Crippen LogP contribution in [0.5, 0.6) is 0 Å². The SMILES string of the molecule is N#Cc1cc(-c2ccccc2)c(-n2c3ccccc3c3c4sc5ccccc5c4ccc32)c(-c2nc(-c3ccccc3)nc(-c3ccccc3)n2)c1. The van der Waals surface area contributed by atoms with Gasteiger partial charge < -0.3 is 4.57 Å². The molecule has 7 aromatic carbocycles. The normalized spacial score (nSPS) is 11.4. The molecule has 0 radical (unpaired) electrons. The van der Waals surface area contributed by atoms with E-state index in [9.17, 15) is 5.26 Å². The summed E-state index contributed by atoms with van der Waals surface area (Å²) in [4.78, 5) is 15.3. The molecule has 242 valence electrons. The minimum Gasteiger partial charge on any atom is -0.308 e. The fourth-order valence-corrected chi connectivity index (χ4v) is 8.61. The van der Waals surface area contributed by atoms with Crippen LogP contribution < -0.4 is 0 Å². The second-order valence-electron chi connectivity index (χ2n) is 12.7. The van der Waals surface area contributed by atoms with Crippen LogP contribution in [0.3, 0.4) is 0 Å². The van der Waals surface area contributed by atoms with Crippen molar-refractivity contribution in [3.8, 4) is 57.0 Å². The van der Waals surface area contributed by atoms with Crippen LogP contribution in [0.1, 0.15) is 5.56 Å². The first-order valence-electron chi connectivity index (χ1n) is 17.1. The van der Waals surface area contributed by atoms with Crippen LogP contribution in [0, 0.1) is 11.3 Å². The van der Waals surface area contributed by atoms with Crippen molar-refractivity contribution in [1.82, 2.24) is 19.5 Å². The molecule has 5 nitrogen and oxygen atoms in total. The predicted octanol–water partition coefficient (Wildman–Crippen LogP) is 11.9. The van der Waals surface area contributed by atoms with E-state index in [1.54, 1.807) is 0 Å². The standard InChI is InChI=1S/C46H27N5S/c47-28-29-26-36(30-14-4-1-5-15-30)42(37(27-29)46-49-44(31-16-6-2-7-17-31)48-45(50-46)32-18-8-3-9-19-32)51-38-22-12-10-21-35(38)41-39(51)25-24-34-33-20-11-13-23-40(33)52-43(34)41/h1-27H. The largest absolute Gasteiger partial charge is 0.308 e. The maximum absolute atomic E-state index is 10.5. The van der Waals surface area contributed by atoms with Crippen LogP contribution in [-0.4, -0.2) is 19.5 Å². The molecule has 0 aliphatic carbocycles. The van der Waals surface area contributed by atoms with Crippen molar-refractivity contribution < 1.29 is 0 Å². The van der Waals surface area contributed by atoms with Crippen molar-refractivity contribution in [2.24, 2.45) is 0 Å². The van der Waals surface area contributed by atoms with Crippen LogP contribution >= 0.6 is 11.3 Å². The van der Waals surface area contributed by atoms with E-state index in [0.717, 1.165) is 49.9 Å². The third-order valence-electron chi connectivity index (χ3n) is 9.67. The van der Waals surface area contributed by atoms with Crippen molar-refractivity contribution in [2.75, 3.05) is 0 Å². The van der Waals surface area contributed by atoms with Crippen LogP contribution in [0.15, 0.2) is 164 Å². The first-order chi connectivity index (χ1) is 25.7. The monoisotopic (exact) mass is 681 g/mol. The van der Waals surface area contributed by atoms with Crippen LogP contribution in [0.2, 0.25) is 0 Å². The highest BCUT2D eigenvalue weighted by molar-refractivity contribution is 7.26. The average molecular weight is 682 g/mol. The summed E-state index contributed by atoms with van der Waals surface area (Å²) >= 11 is 1.83. The highest BCUT2D eigenvalue weighted by Gasteiger charge is 2.25. The Bertz CT molecular complexity index is 2960. The van der Waals surface area contributed by atoms with Crippen LogP contribution in [-0.2, 0) is 0 Å². The topological polar surface area (TPSA) is 67.4 Å². The van der Waals surface area contributed by atoms with Crippen molar-refractivity contribution in [1.29, 1.82) is 5.26 Å². The molecule has 6 heteroatoms. The van der Waals surface area contributed by atoms with E-state index < -0.39 is 0 Å². The minimum absolute atomic E-state index is 0.492. The van der Waals surface area contributed by atoms with E-state index >= 15 is 0 Å². The summed E-state index contributed by atoms with van der Waals surface area (Å²) in [6.45, 7) is 0. The zero-order valence-corrected chi connectivity index (χ0v) is 28.5. The molecular weight excluding hydrogens is 655 g/mol. The van der Waals surface area contributed by atoms with Gasteiger partial charge in [0, 0.05) is 53.2 Å². The Morgan fingerprint density at radius 3 is 1.71 bits per heavy atom. The fraction of sp³-hybridized carbons (Fsp3) is 0. The lowest BCUT2D eigenvalue weighted by molar-refractivity contribution is 1.06. The average Bonchev–Trinajstić information content (AvgIpc) is 3.77.